The third-order valence-corrected chi connectivity index (χ3v) is 2.80. The number of benzene rings is 1. The number of nitrogens with zero attached hydrogens (tertiary/aromatic N) is 1. The molecule has 0 saturated carbocycles. The van der Waals surface area contributed by atoms with Gasteiger partial charge in [0.15, 0.2) is 0 Å². The van der Waals surface area contributed by atoms with Crippen molar-refractivity contribution in [1.82, 2.24) is 4.90 Å². The van der Waals surface area contributed by atoms with E-state index in [-0.39, 0.29) is 5.91 Å². The number of amides is 1. The van der Waals surface area contributed by atoms with Gasteiger partial charge in [-0.2, -0.15) is 0 Å². The molecule has 0 aliphatic carbocycles. The number of hydrogen-bond acceptors (Lipinski definition) is 1. The Balaban J connectivity index is 2.09. The number of piperidine rings is 1. The monoisotopic (exact) mass is 201 g/mol. The summed E-state index contributed by atoms with van der Waals surface area (Å²) >= 11 is 0. The molecule has 1 heterocycles. The minimum absolute atomic E-state index is 0.134. The fraction of sp³-hybridized carbons (Fsp3) is 0.385. The molecule has 0 unspecified atom stereocenters. The lowest BCUT2D eigenvalue weighted by Crippen LogP contribution is -2.35. The van der Waals surface area contributed by atoms with Crippen LogP contribution in [0.4, 0.5) is 0 Å². The Labute approximate surface area is 90.9 Å². The second-order valence-electron chi connectivity index (χ2n) is 3.97. The predicted molar refractivity (Wildman–Crippen MR) is 59.6 cm³/mol. The first-order chi connectivity index (χ1) is 7.27. The highest BCUT2D eigenvalue weighted by Crippen LogP contribution is 2.13. The van der Waals surface area contributed by atoms with E-state index >= 15 is 0 Å². The largest absolute Gasteiger partial charge is 0.339 e. The Kier molecular flexibility index (Phi) is 3.05. The molecule has 0 spiro atoms. The molecule has 2 radical (unpaired) electrons. The predicted octanol–water partition coefficient (Wildman–Crippen LogP) is 2.37. The topological polar surface area (TPSA) is 20.3 Å². The zero-order valence-electron chi connectivity index (χ0n) is 8.78. The van der Waals surface area contributed by atoms with Gasteiger partial charge in [-0.25, -0.2) is 0 Å². The Morgan fingerprint density at radius 2 is 1.67 bits per heavy atom. The van der Waals surface area contributed by atoms with Crippen molar-refractivity contribution in [3.05, 3.63) is 42.3 Å². The van der Waals surface area contributed by atoms with Crippen LogP contribution in [0.3, 0.4) is 0 Å². The van der Waals surface area contributed by atoms with Crippen LogP contribution < -0.4 is 0 Å². The van der Waals surface area contributed by atoms with Crippen molar-refractivity contribution in [2.24, 2.45) is 0 Å². The van der Waals surface area contributed by atoms with Crippen molar-refractivity contribution in [2.45, 2.75) is 19.3 Å². The fourth-order valence-electron chi connectivity index (χ4n) is 1.91. The highest BCUT2D eigenvalue weighted by Gasteiger charge is 2.17. The first-order valence-electron chi connectivity index (χ1n) is 5.42. The Hall–Kier alpha value is -1.31. The highest BCUT2D eigenvalue weighted by atomic mass is 16.2. The van der Waals surface area contributed by atoms with E-state index in [2.05, 4.69) is 0 Å². The van der Waals surface area contributed by atoms with Gasteiger partial charge >= 0.3 is 0 Å². The number of likely N-dealkylation sites (tertiary alicyclic amines) is 1. The number of carbonyl (C=O) groups is 1. The SMILES string of the molecule is [CH]c1ccc(C(=O)N2CCCCC2)cc1. The van der Waals surface area contributed by atoms with Crippen molar-refractivity contribution in [3.8, 4) is 0 Å². The van der Waals surface area contributed by atoms with Gasteiger partial charge in [0.1, 0.15) is 0 Å². The van der Waals surface area contributed by atoms with Crippen LogP contribution in [-0.2, 0) is 0 Å². The molecule has 0 atom stereocenters. The van der Waals surface area contributed by atoms with Crippen molar-refractivity contribution in [3.63, 3.8) is 0 Å². The van der Waals surface area contributed by atoms with Gasteiger partial charge in [-0.1, -0.05) is 12.1 Å². The van der Waals surface area contributed by atoms with Crippen molar-refractivity contribution in [2.75, 3.05) is 13.1 Å². The molecule has 1 amide bonds. The molecule has 0 aromatic heterocycles. The smallest absolute Gasteiger partial charge is 0.253 e. The van der Waals surface area contributed by atoms with E-state index in [4.69, 9.17) is 6.92 Å². The molecule has 2 rings (SSSR count). The second-order valence-corrected chi connectivity index (χ2v) is 3.97. The van der Waals surface area contributed by atoms with Crippen molar-refractivity contribution in [1.29, 1.82) is 0 Å². The highest BCUT2D eigenvalue weighted by molar-refractivity contribution is 5.94. The molecule has 0 bridgehead atoms. The molecule has 1 aromatic rings. The quantitative estimate of drug-likeness (QED) is 0.683. The van der Waals surface area contributed by atoms with E-state index in [9.17, 15) is 4.79 Å². The summed E-state index contributed by atoms with van der Waals surface area (Å²) < 4.78 is 0. The molecule has 1 aliphatic heterocycles. The van der Waals surface area contributed by atoms with Crippen LogP contribution in [0.2, 0.25) is 0 Å². The lowest BCUT2D eigenvalue weighted by Gasteiger charge is -2.26. The van der Waals surface area contributed by atoms with Crippen LogP contribution in [-0.4, -0.2) is 23.9 Å². The maximum absolute atomic E-state index is 12.0. The van der Waals surface area contributed by atoms with E-state index in [1.54, 1.807) is 24.3 Å². The van der Waals surface area contributed by atoms with E-state index in [0.29, 0.717) is 5.56 Å². The molecule has 1 fully saturated rings. The van der Waals surface area contributed by atoms with E-state index in [0.717, 1.165) is 31.5 Å². The average Bonchev–Trinajstić information content (AvgIpc) is 2.30. The Morgan fingerprint density at radius 3 is 2.27 bits per heavy atom. The van der Waals surface area contributed by atoms with Crippen LogP contribution in [0.5, 0.6) is 0 Å². The van der Waals surface area contributed by atoms with Crippen LogP contribution in [0.15, 0.2) is 24.3 Å². The maximum Gasteiger partial charge on any atom is 0.253 e. The number of rotatable bonds is 1. The molecule has 2 nitrogen and oxygen atoms in total. The number of carbonyl (C=O) groups excluding carboxylic acids is 1. The summed E-state index contributed by atoms with van der Waals surface area (Å²) in [6.45, 7) is 7.36. The third kappa shape index (κ3) is 2.38. The van der Waals surface area contributed by atoms with Crippen LogP contribution in [0.1, 0.15) is 35.2 Å². The number of hydrogen-bond donors (Lipinski definition) is 0. The van der Waals surface area contributed by atoms with Gasteiger partial charge in [-0.05, 0) is 43.9 Å². The zero-order valence-corrected chi connectivity index (χ0v) is 8.78. The van der Waals surface area contributed by atoms with E-state index in [1.165, 1.54) is 6.42 Å². The average molecular weight is 201 g/mol. The standard InChI is InChI=1S/C13H15NO/c1-11-5-7-12(8-6-11)13(15)14-9-3-2-4-10-14/h1,5-8H,2-4,9-10H2. The van der Waals surface area contributed by atoms with Gasteiger partial charge in [0.25, 0.3) is 5.91 Å². The normalized spacial score (nSPS) is 16.5. The molecule has 15 heavy (non-hydrogen) atoms. The van der Waals surface area contributed by atoms with Gasteiger partial charge in [-0.3, -0.25) is 4.79 Å². The molecule has 1 saturated heterocycles. The molecular formula is C13H15NO. The lowest BCUT2D eigenvalue weighted by atomic mass is 10.1. The fourth-order valence-corrected chi connectivity index (χ4v) is 1.91. The van der Waals surface area contributed by atoms with E-state index < -0.39 is 0 Å². The summed E-state index contributed by atoms with van der Waals surface area (Å²) in [7, 11) is 0. The van der Waals surface area contributed by atoms with Gasteiger partial charge < -0.3 is 4.90 Å². The molecule has 78 valence electrons. The first-order valence-corrected chi connectivity index (χ1v) is 5.42. The summed E-state index contributed by atoms with van der Waals surface area (Å²) in [4.78, 5) is 13.9. The molecule has 1 aliphatic rings. The summed E-state index contributed by atoms with van der Waals surface area (Å²) in [5, 5.41) is 0. The van der Waals surface area contributed by atoms with Crippen LogP contribution in [0.25, 0.3) is 0 Å². The molecule has 0 N–H and O–H groups in total. The molecular weight excluding hydrogens is 186 g/mol. The van der Waals surface area contributed by atoms with Crippen molar-refractivity contribution >= 4 is 5.91 Å². The van der Waals surface area contributed by atoms with Gasteiger partial charge in [-0.15, -0.1) is 0 Å². The Morgan fingerprint density at radius 1 is 1.07 bits per heavy atom. The van der Waals surface area contributed by atoms with Gasteiger partial charge in [0, 0.05) is 18.7 Å². The molecule has 1 aromatic carbocycles. The summed E-state index contributed by atoms with van der Waals surface area (Å²) in [5.74, 6) is 0.134. The maximum atomic E-state index is 12.0. The van der Waals surface area contributed by atoms with E-state index in [1.807, 2.05) is 4.90 Å². The van der Waals surface area contributed by atoms with Gasteiger partial charge in [0.2, 0.25) is 0 Å². The zero-order chi connectivity index (χ0) is 10.7. The molecule has 2 heteroatoms. The first kappa shape index (κ1) is 10.2. The third-order valence-electron chi connectivity index (χ3n) is 2.80. The van der Waals surface area contributed by atoms with Crippen molar-refractivity contribution < 1.29 is 4.79 Å². The van der Waals surface area contributed by atoms with Crippen LogP contribution >= 0.6 is 0 Å². The Bertz CT molecular complexity index is 336. The summed E-state index contributed by atoms with van der Waals surface area (Å²) in [6.07, 6.45) is 3.49. The summed E-state index contributed by atoms with van der Waals surface area (Å²) in [5.41, 5.74) is 1.44. The van der Waals surface area contributed by atoms with Crippen LogP contribution in [0, 0.1) is 6.92 Å². The minimum atomic E-state index is 0.134. The second kappa shape index (κ2) is 4.47. The van der Waals surface area contributed by atoms with Gasteiger partial charge in [0.05, 0.1) is 0 Å². The lowest BCUT2D eigenvalue weighted by molar-refractivity contribution is 0.0724. The summed E-state index contributed by atoms with van der Waals surface area (Å²) in [6, 6.07) is 7.15. The minimum Gasteiger partial charge on any atom is -0.339 e.